The van der Waals surface area contributed by atoms with E-state index in [1.54, 1.807) is 0 Å². The Bertz CT molecular complexity index is 387. The van der Waals surface area contributed by atoms with Crippen LogP contribution in [0.3, 0.4) is 0 Å². The zero-order valence-electron chi connectivity index (χ0n) is 11.9. The van der Waals surface area contributed by atoms with Crippen molar-refractivity contribution in [1.82, 2.24) is 9.88 Å². The highest BCUT2D eigenvalue weighted by molar-refractivity contribution is 5.41. The SMILES string of the molecule is CCCN1CCCC[C@H]1c1cnc(NC)cc1C. The molecule has 3 nitrogen and oxygen atoms in total. The van der Waals surface area contributed by atoms with Crippen molar-refractivity contribution in [3.63, 3.8) is 0 Å². The van der Waals surface area contributed by atoms with E-state index in [1.165, 1.54) is 49.9 Å². The molecular formula is C15H25N3. The number of likely N-dealkylation sites (tertiary alicyclic amines) is 1. The number of piperidine rings is 1. The van der Waals surface area contributed by atoms with Crippen molar-refractivity contribution in [2.45, 2.75) is 45.6 Å². The highest BCUT2D eigenvalue weighted by Gasteiger charge is 2.24. The highest BCUT2D eigenvalue weighted by Crippen LogP contribution is 2.32. The Kier molecular flexibility index (Phi) is 4.59. The third-order valence-electron chi connectivity index (χ3n) is 3.89. The molecule has 0 unspecified atom stereocenters. The lowest BCUT2D eigenvalue weighted by molar-refractivity contribution is 0.148. The standard InChI is InChI=1S/C15H25N3/c1-4-8-18-9-6-5-7-14(18)13-11-17-15(16-3)10-12(13)2/h10-11,14H,4-9H2,1-3H3,(H,16,17)/t14-/m0/s1. The first kappa shape index (κ1) is 13.3. The van der Waals surface area contributed by atoms with Crippen molar-refractivity contribution in [2.75, 3.05) is 25.5 Å². The van der Waals surface area contributed by atoms with Gasteiger partial charge < -0.3 is 5.32 Å². The van der Waals surface area contributed by atoms with Crippen LogP contribution in [0.2, 0.25) is 0 Å². The van der Waals surface area contributed by atoms with Crippen LogP contribution in [0.25, 0.3) is 0 Å². The molecule has 0 aliphatic carbocycles. The molecule has 0 aromatic carbocycles. The molecule has 0 spiro atoms. The molecule has 1 atom stereocenters. The summed E-state index contributed by atoms with van der Waals surface area (Å²) in [6.07, 6.45) is 7.27. The van der Waals surface area contributed by atoms with Crippen LogP contribution in [-0.4, -0.2) is 30.0 Å². The quantitative estimate of drug-likeness (QED) is 0.884. The molecule has 1 aromatic heterocycles. The van der Waals surface area contributed by atoms with Crippen LogP contribution in [0.4, 0.5) is 5.82 Å². The van der Waals surface area contributed by atoms with Crippen LogP contribution in [-0.2, 0) is 0 Å². The molecule has 1 N–H and O–H groups in total. The summed E-state index contributed by atoms with van der Waals surface area (Å²) in [6.45, 7) is 6.92. The van der Waals surface area contributed by atoms with Gasteiger partial charge in [-0.05, 0) is 56.5 Å². The van der Waals surface area contributed by atoms with Crippen molar-refractivity contribution in [2.24, 2.45) is 0 Å². The molecule has 1 aromatic rings. The second-order valence-corrected chi connectivity index (χ2v) is 5.22. The summed E-state index contributed by atoms with van der Waals surface area (Å²) in [6, 6.07) is 2.74. The van der Waals surface area contributed by atoms with Crippen molar-refractivity contribution < 1.29 is 0 Å². The van der Waals surface area contributed by atoms with Crippen LogP contribution in [0.5, 0.6) is 0 Å². The minimum absolute atomic E-state index is 0.581. The minimum atomic E-state index is 0.581. The molecule has 3 heteroatoms. The largest absolute Gasteiger partial charge is 0.373 e. The normalized spacial score (nSPS) is 20.9. The van der Waals surface area contributed by atoms with Crippen molar-refractivity contribution >= 4 is 5.82 Å². The Hall–Kier alpha value is -1.09. The lowest BCUT2D eigenvalue weighted by atomic mass is 9.93. The maximum atomic E-state index is 4.49. The molecule has 0 saturated carbocycles. The minimum Gasteiger partial charge on any atom is -0.373 e. The first-order chi connectivity index (χ1) is 8.76. The van der Waals surface area contributed by atoms with Gasteiger partial charge in [0.05, 0.1) is 0 Å². The highest BCUT2D eigenvalue weighted by atomic mass is 15.2. The van der Waals surface area contributed by atoms with E-state index in [9.17, 15) is 0 Å². The topological polar surface area (TPSA) is 28.2 Å². The maximum absolute atomic E-state index is 4.49. The lowest BCUT2D eigenvalue weighted by Crippen LogP contribution is -2.34. The molecule has 1 saturated heterocycles. The van der Waals surface area contributed by atoms with Crippen LogP contribution < -0.4 is 5.32 Å². The molecule has 2 heterocycles. The van der Waals surface area contributed by atoms with Crippen LogP contribution >= 0.6 is 0 Å². The fourth-order valence-electron chi connectivity index (χ4n) is 2.95. The molecule has 1 aliphatic heterocycles. The second-order valence-electron chi connectivity index (χ2n) is 5.22. The molecule has 100 valence electrons. The van der Waals surface area contributed by atoms with Crippen LogP contribution in [0, 0.1) is 6.92 Å². The average Bonchev–Trinajstić information content (AvgIpc) is 2.40. The molecule has 0 bridgehead atoms. The van der Waals surface area contributed by atoms with Crippen LogP contribution in [0.1, 0.15) is 49.8 Å². The first-order valence-corrected chi connectivity index (χ1v) is 7.14. The Labute approximate surface area is 111 Å². The van der Waals surface area contributed by atoms with Gasteiger partial charge >= 0.3 is 0 Å². The molecule has 1 aliphatic rings. The molecule has 2 rings (SSSR count). The number of hydrogen-bond donors (Lipinski definition) is 1. The van der Waals surface area contributed by atoms with E-state index in [1.807, 2.05) is 7.05 Å². The van der Waals surface area contributed by atoms with E-state index in [0.717, 1.165) is 5.82 Å². The first-order valence-electron chi connectivity index (χ1n) is 7.14. The summed E-state index contributed by atoms with van der Waals surface area (Å²) in [5.41, 5.74) is 2.78. The predicted octanol–water partition coefficient (Wildman–Crippen LogP) is 3.37. The van der Waals surface area contributed by atoms with E-state index in [2.05, 4.69) is 41.3 Å². The van der Waals surface area contributed by atoms with Gasteiger partial charge in [0.2, 0.25) is 0 Å². The molecule has 0 amide bonds. The van der Waals surface area contributed by atoms with E-state index in [4.69, 9.17) is 0 Å². The van der Waals surface area contributed by atoms with Crippen molar-refractivity contribution in [3.8, 4) is 0 Å². The predicted molar refractivity (Wildman–Crippen MR) is 77.0 cm³/mol. The van der Waals surface area contributed by atoms with Gasteiger partial charge in [-0.1, -0.05) is 13.3 Å². The van der Waals surface area contributed by atoms with Gasteiger partial charge in [0, 0.05) is 19.3 Å². The monoisotopic (exact) mass is 247 g/mol. The van der Waals surface area contributed by atoms with Gasteiger partial charge in [0.25, 0.3) is 0 Å². The maximum Gasteiger partial charge on any atom is 0.125 e. The summed E-state index contributed by atoms with van der Waals surface area (Å²) in [7, 11) is 1.92. The van der Waals surface area contributed by atoms with Crippen molar-refractivity contribution in [1.29, 1.82) is 0 Å². The van der Waals surface area contributed by atoms with Crippen LogP contribution in [0.15, 0.2) is 12.3 Å². The molecular weight excluding hydrogens is 222 g/mol. The number of aryl methyl sites for hydroxylation is 1. The summed E-state index contributed by atoms with van der Waals surface area (Å²) in [5.74, 6) is 0.967. The summed E-state index contributed by atoms with van der Waals surface area (Å²) < 4.78 is 0. The number of hydrogen-bond acceptors (Lipinski definition) is 3. The van der Waals surface area contributed by atoms with Gasteiger partial charge in [-0.2, -0.15) is 0 Å². The number of rotatable bonds is 4. The fourth-order valence-corrected chi connectivity index (χ4v) is 2.95. The fraction of sp³-hybridized carbons (Fsp3) is 0.667. The zero-order chi connectivity index (χ0) is 13.0. The Balaban J connectivity index is 2.22. The third kappa shape index (κ3) is 2.83. The third-order valence-corrected chi connectivity index (χ3v) is 3.89. The number of pyridine rings is 1. The Morgan fingerprint density at radius 3 is 2.94 bits per heavy atom. The van der Waals surface area contributed by atoms with Gasteiger partial charge in [-0.3, -0.25) is 4.90 Å². The molecule has 18 heavy (non-hydrogen) atoms. The summed E-state index contributed by atoms with van der Waals surface area (Å²) in [4.78, 5) is 7.12. The summed E-state index contributed by atoms with van der Waals surface area (Å²) in [5, 5.41) is 3.11. The summed E-state index contributed by atoms with van der Waals surface area (Å²) >= 11 is 0. The van der Waals surface area contributed by atoms with E-state index < -0.39 is 0 Å². The zero-order valence-corrected chi connectivity index (χ0v) is 11.9. The smallest absolute Gasteiger partial charge is 0.125 e. The number of nitrogens with zero attached hydrogens (tertiary/aromatic N) is 2. The van der Waals surface area contributed by atoms with E-state index in [-0.39, 0.29) is 0 Å². The average molecular weight is 247 g/mol. The Morgan fingerprint density at radius 2 is 2.28 bits per heavy atom. The Morgan fingerprint density at radius 1 is 1.44 bits per heavy atom. The van der Waals surface area contributed by atoms with E-state index >= 15 is 0 Å². The van der Waals surface area contributed by atoms with E-state index in [0.29, 0.717) is 6.04 Å². The lowest BCUT2D eigenvalue weighted by Gasteiger charge is -2.36. The van der Waals surface area contributed by atoms with Gasteiger partial charge in [-0.15, -0.1) is 0 Å². The van der Waals surface area contributed by atoms with Gasteiger partial charge in [0.15, 0.2) is 0 Å². The van der Waals surface area contributed by atoms with Gasteiger partial charge in [-0.25, -0.2) is 4.98 Å². The second kappa shape index (κ2) is 6.19. The molecule has 1 fully saturated rings. The number of anilines is 1. The number of aromatic nitrogens is 1. The van der Waals surface area contributed by atoms with Crippen molar-refractivity contribution in [3.05, 3.63) is 23.4 Å². The molecule has 0 radical (unpaired) electrons. The number of nitrogens with one attached hydrogen (secondary N) is 1. The van der Waals surface area contributed by atoms with Gasteiger partial charge in [0.1, 0.15) is 5.82 Å².